The molecule has 2 bridgehead atoms. The first-order valence-electron chi connectivity index (χ1n) is 7.42. The number of fused-ring (bicyclic) bond motifs is 3. The van der Waals surface area contributed by atoms with E-state index in [1.165, 1.54) is 25.7 Å². The van der Waals surface area contributed by atoms with E-state index in [4.69, 9.17) is 9.47 Å². The maximum atomic E-state index is 6.12. The van der Waals surface area contributed by atoms with E-state index >= 15 is 0 Å². The molecule has 0 aromatic rings. The normalized spacial score (nSPS) is 50.2. The minimum Gasteiger partial charge on any atom is -0.352 e. The Bertz CT molecular complexity index is 377. The maximum absolute atomic E-state index is 6.12. The van der Waals surface area contributed by atoms with Crippen LogP contribution in [0.1, 0.15) is 32.1 Å². The predicted octanol–water partition coefficient (Wildman–Crippen LogP) is 3.30. The fourth-order valence-corrected chi connectivity index (χ4v) is 4.31. The minimum atomic E-state index is 0.0590. The van der Waals surface area contributed by atoms with Crippen molar-refractivity contribution >= 4 is 0 Å². The van der Waals surface area contributed by atoms with E-state index in [2.05, 4.69) is 24.3 Å². The Morgan fingerprint density at radius 3 is 2.56 bits per heavy atom. The molecule has 1 spiro atoms. The summed E-state index contributed by atoms with van der Waals surface area (Å²) in [4.78, 5) is 0. The van der Waals surface area contributed by atoms with Crippen LogP contribution in [0.5, 0.6) is 0 Å². The molecule has 1 heterocycles. The van der Waals surface area contributed by atoms with Gasteiger partial charge < -0.3 is 9.47 Å². The third-order valence-electron chi connectivity index (χ3n) is 5.39. The van der Waals surface area contributed by atoms with Crippen LogP contribution < -0.4 is 0 Å². The zero-order valence-electron chi connectivity index (χ0n) is 10.9. The summed E-state index contributed by atoms with van der Waals surface area (Å²) in [6.45, 7) is 1.84. The lowest BCUT2D eigenvalue weighted by Gasteiger charge is -2.43. The van der Waals surface area contributed by atoms with Crippen LogP contribution in [0.4, 0.5) is 0 Å². The number of ether oxygens (including phenoxy) is 2. The highest BCUT2D eigenvalue weighted by Crippen LogP contribution is 2.54. The smallest absolute Gasteiger partial charge is 0.160 e. The van der Waals surface area contributed by atoms with Gasteiger partial charge in [0, 0.05) is 11.3 Å². The average molecular weight is 246 g/mol. The highest BCUT2D eigenvalue weighted by Gasteiger charge is 2.51. The van der Waals surface area contributed by atoms with Crippen molar-refractivity contribution in [2.75, 3.05) is 13.2 Å². The molecule has 0 N–H and O–H groups in total. The number of hydrogen-bond acceptors (Lipinski definition) is 2. The topological polar surface area (TPSA) is 18.5 Å². The molecule has 4 aliphatic rings. The molecule has 3 atom stereocenters. The van der Waals surface area contributed by atoms with Crippen molar-refractivity contribution in [2.45, 2.75) is 38.4 Å². The van der Waals surface area contributed by atoms with Crippen molar-refractivity contribution in [1.82, 2.24) is 0 Å². The highest BCUT2D eigenvalue weighted by atomic mass is 16.7. The summed E-state index contributed by atoms with van der Waals surface area (Å²) in [7, 11) is 0. The van der Waals surface area contributed by atoms with Gasteiger partial charge in [-0.25, -0.2) is 0 Å². The standard InChI is InChI=1S/C16H22O2/c1-2-4-13(5-3-1)15-17-10-16(11-18-15)9-12-6-7-14(16)8-12/h1-2,6-7,12-15H,3-5,8-11H2. The first kappa shape index (κ1) is 11.2. The van der Waals surface area contributed by atoms with E-state index in [9.17, 15) is 0 Å². The fourth-order valence-electron chi connectivity index (χ4n) is 4.31. The van der Waals surface area contributed by atoms with Crippen molar-refractivity contribution in [3.63, 3.8) is 0 Å². The minimum absolute atomic E-state index is 0.0590. The van der Waals surface area contributed by atoms with E-state index in [1.807, 2.05) is 0 Å². The third kappa shape index (κ3) is 1.70. The summed E-state index contributed by atoms with van der Waals surface area (Å²) in [6, 6.07) is 0. The van der Waals surface area contributed by atoms with Crippen LogP contribution in [0.25, 0.3) is 0 Å². The molecule has 0 aromatic heterocycles. The molecule has 1 saturated carbocycles. The molecule has 0 amide bonds. The van der Waals surface area contributed by atoms with Gasteiger partial charge in [-0.3, -0.25) is 0 Å². The summed E-state index contributed by atoms with van der Waals surface area (Å²) in [5, 5.41) is 0. The molecule has 3 unspecified atom stereocenters. The molecule has 0 aromatic carbocycles. The molecule has 0 radical (unpaired) electrons. The van der Waals surface area contributed by atoms with Crippen molar-refractivity contribution in [3.05, 3.63) is 24.3 Å². The van der Waals surface area contributed by atoms with Crippen LogP contribution >= 0.6 is 0 Å². The van der Waals surface area contributed by atoms with E-state index in [0.717, 1.165) is 31.5 Å². The van der Waals surface area contributed by atoms with Gasteiger partial charge in [0.2, 0.25) is 0 Å². The summed E-state index contributed by atoms with van der Waals surface area (Å²) >= 11 is 0. The van der Waals surface area contributed by atoms with Gasteiger partial charge in [-0.1, -0.05) is 24.3 Å². The fraction of sp³-hybridized carbons (Fsp3) is 0.750. The van der Waals surface area contributed by atoms with Gasteiger partial charge in [0.05, 0.1) is 13.2 Å². The van der Waals surface area contributed by atoms with Crippen LogP contribution in [-0.4, -0.2) is 19.5 Å². The second-order valence-corrected chi connectivity index (χ2v) is 6.59. The van der Waals surface area contributed by atoms with E-state index in [1.54, 1.807) is 0 Å². The van der Waals surface area contributed by atoms with Crippen LogP contribution in [0.2, 0.25) is 0 Å². The summed E-state index contributed by atoms with van der Waals surface area (Å²) in [6.07, 6.45) is 15.6. The van der Waals surface area contributed by atoms with Gasteiger partial charge in [0.15, 0.2) is 6.29 Å². The molecule has 3 aliphatic carbocycles. The molecular formula is C16H22O2. The first-order valence-corrected chi connectivity index (χ1v) is 7.42. The Morgan fingerprint density at radius 1 is 1.06 bits per heavy atom. The van der Waals surface area contributed by atoms with Crippen molar-refractivity contribution in [3.8, 4) is 0 Å². The van der Waals surface area contributed by atoms with Gasteiger partial charge in [0.1, 0.15) is 0 Å². The number of hydrogen-bond donors (Lipinski definition) is 0. The Labute approximate surface area is 109 Å². The SMILES string of the molecule is C1=CCC(C2OCC3(CO2)CC2C=CC3C2)CC1. The lowest BCUT2D eigenvalue weighted by atomic mass is 9.76. The Kier molecular flexibility index (Phi) is 2.63. The Balaban J connectivity index is 1.41. The molecule has 98 valence electrons. The van der Waals surface area contributed by atoms with E-state index < -0.39 is 0 Å². The molecular weight excluding hydrogens is 224 g/mol. The van der Waals surface area contributed by atoms with Crippen molar-refractivity contribution in [1.29, 1.82) is 0 Å². The monoisotopic (exact) mass is 246 g/mol. The second kappa shape index (κ2) is 4.21. The molecule has 18 heavy (non-hydrogen) atoms. The molecule has 4 rings (SSSR count). The summed E-state index contributed by atoms with van der Waals surface area (Å²) < 4.78 is 12.2. The van der Waals surface area contributed by atoms with Crippen LogP contribution in [0.3, 0.4) is 0 Å². The largest absolute Gasteiger partial charge is 0.352 e. The van der Waals surface area contributed by atoms with Crippen LogP contribution in [-0.2, 0) is 9.47 Å². The van der Waals surface area contributed by atoms with Gasteiger partial charge in [-0.15, -0.1) is 0 Å². The summed E-state index contributed by atoms with van der Waals surface area (Å²) in [5.41, 5.74) is 0.320. The zero-order chi connectivity index (χ0) is 12.0. The molecule has 1 saturated heterocycles. The highest BCUT2D eigenvalue weighted by molar-refractivity contribution is 5.16. The molecule has 2 fully saturated rings. The Morgan fingerprint density at radius 2 is 1.94 bits per heavy atom. The van der Waals surface area contributed by atoms with Gasteiger partial charge in [-0.05, 0) is 43.9 Å². The van der Waals surface area contributed by atoms with Crippen LogP contribution in [0, 0.1) is 23.2 Å². The maximum Gasteiger partial charge on any atom is 0.160 e. The van der Waals surface area contributed by atoms with Gasteiger partial charge in [-0.2, -0.15) is 0 Å². The quantitative estimate of drug-likeness (QED) is 0.661. The number of allylic oxidation sites excluding steroid dienone is 4. The summed E-state index contributed by atoms with van der Waals surface area (Å²) in [5.74, 6) is 2.10. The van der Waals surface area contributed by atoms with Gasteiger partial charge in [0.25, 0.3) is 0 Å². The second-order valence-electron chi connectivity index (χ2n) is 6.59. The van der Waals surface area contributed by atoms with Crippen molar-refractivity contribution < 1.29 is 9.47 Å². The molecule has 1 aliphatic heterocycles. The molecule has 2 nitrogen and oxygen atoms in total. The predicted molar refractivity (Wildman–Crippen MR) is 70.0 cm³/mol. The Hall–Kier alpha value is -0.600. The first-order chi connectivity index (χ1) is 8.86. The van der Waals surface area contributed by atoms with Crippen LogP contribution in [0.15, 0.2) is 24.3 Å². The third-order valence-corrected chi connectivity index (χ3v) is 5.39. The van der Waals surface area contributed by atoms with Gasteiger partial charge >= 0.3 is 0 Å². The lowest BCUT2D eigenvalue weighted by Crippen LogP contribution is -2.46. The van der Waals surface area contributed by atoms with E-state index in [-0.39, 0.29) is 6.29 Å². The average Bonchev–Trinajstić information content (AvgIpc) is 3.01. The molecule has 2 heteroatoms. The zero-order valence-corrected chi connectivity index (χ0v) is 10.9. The number of rotatable bonds is 1. The van der Waals surface area contributed by atoms with E-state index in [0.29, 0.717) is 11.3 Å². The lowest BCUT2D eigenvalue weighted by molar-refractivity contribution is -0.255. The van der Waals surface area contributed by atoms with Crippen molar-refractivity contribution in [2.24, 2.45) is 23.2 Å².